The number of hydrogen-bond acceptors (Lipinski definition) is 5. The Morgan fingerprint density at radius 2 is 2.10 bits per heavy atom. The van der Waals surface area contributed by atoms with E-state index < -0.39 is 0 Å². The Bertz CT molecular complexity index is 653. The van der Waals surface area contributed by atoms with Gasteiger partial charge in [0, 0.05) is 45.8 Å². The molecular formula is C21H35IN4O3. The maximum absolute atomic E-state index is 9.72. The third-order valence-electron chi connectivity index (χ3n) is 5.45. The van der Waals surface area contributed by atoms with Crippen LogP contribution in [0.5, 0.6) is 11.5 Å². The zero-order valence-electron chi connectivity index (χ0n) is 17.6. The fourth-order valence-electron chi connectivity index (χ4n) is 3.92. The number of rotatable bonds is 7. The second-order valence-electron chi connectivity index (χ2n) is 7.51. The summed E-state index contributed by atoms with van der Waals surface area (Å²) in [5.74, 6) is 2.39. The highest BCUT2D eigenvalue weighted by atomic mass is 127. The van der Waals surface area contributed by atoms with Crippen LogP contribution in [0.1, 0.15) is 18.9 Å². The number of phenols is 1. The summed E-state index contributed by atoms with van der Waals surface area (Å²) in [4.78, 5) is 9.77. The average molecular weight is 518 g/mol. The van der Waals surface area contributed by atoms with E-state index in [-0.39, 0.29) is 29.7 Å². The summed E-state index contributed by atoms with van der Waals surface area (Å²) in [6.45, 7) is 10.8. The number of ether oxygens (including phenoxy) is 2. The van der Waals surface area contributed by atoms with Crippen molar-refractivity contribution in [2.75, 3.05) is 66.1 Å². The van der Waals surface area contributed by atoms with E-state index >= 15 is 0 Å². The first-order chi connectivity index (χ1) is 13.7. The molecule has 3 rings (SSSR count). The van der Waals surface area contributed by atoms with Gasteiger partial charge < -0.3 is 24.8 Å². The van der Waals surface area contributed by atoms with Gasteiger partial charge in [0.15, 0.2) is 17.5 Å². The summed E-state index contributed by atoms with van der Waals surface area (Å²) in [7, 11) is 1.57. The standard InChI is InChI=1S/C21H34N4O3.HI/c1-3-22-21(23-8-6-17-4-5-19(26)20(14-17)27-2)25-9-7-18(16-25)15-24-10-12-28-13-11-24;/h4-5,14,18,26H,3,6-13,15-16H2,1-2H3,(H,22,23);1H. The van der Waals surface area contributed by atoms with E-state index in [2.05, 4.69) is 22.0 Å². The summed E-state index contributed by atoms with van der Waals surface area (Å²) in [6, 6.07) is 5.49. The zero-order chi connectivity index (χ0) is 19.8. The van der Waals surface area contributed by atoms with Crippen molar-refractivity contribution >= 4 is 29.9 Å². The van der Waals surface area contributed by atoms with E-state index in [9.17, 15) is 5.11 Å². The average Bonchev–Trinajstić information content (AvgIpc) is 3.17. The number of benzene rings is 1. The number of aliphatic imine (C=N–C) groups is 1. The summed E-state index contributed by atoms with van der Waals surface area (Å²) >= 11 is 0. The Labute approximate surface area is 191 Å². The first kappa shape index (κ1) is 24.0. The third kappa shape index (κ3) is 7.18. The molecule has 0 spiro atoms. The Morgan fingerprint density at radius 1 is 1.31 bits per heavy atom. The fourth-order valence-corrected chi connectivity index (χ4v) is 3.92. The van der Waals surface area contributed by atoms with Crippen molar-refractivity contribution in [1.29, 1.82) is 0 Å². The summed E-state index contributed by atoms with van der Waals surface area (Å²) in [6.07, 6.45) is 2.04. The maximum Gasteiger partial charge on any atom is 0.193 e. The van der Waals surface area contributed by atoms with Crippen LogP contribution < -0.4 is 10.1 Å². The molecule has 0 amide bonds. The molecule has 2 saturated heterocycles. The molecule has 1 aromatic rings. The molecule has 2 aliphatic heterocycles. The zero-order valence-corrected chi connectivity index (χ0v) is 19.9. The number of hydrogen-bond donors (Lipinski definition) is 2. The molecule has 1 atom stereocenters. The van der Waals surface area contributed by atoms with Crippen molar-refractivity contribution in [3.05, 3.63) is 23.8 Å². The van der Waals surface area contributed by atoms with Gasteiger partial charge in [0.05, 0.1) is 20.3 Å². The number of phenolic OH excluding ortho intramolecular Hbond substituents is 1. The lowest BCUT2D eigenvalue weighted by Crippen LogP contribution is -2.42. The molecule has 0 aliphatic carbocycles. The predicted molar refractivity (Wildman–Crippen MR) is 127 cm³/mol. The highest BCUT2D eigenvalue weighted by molar-refractivity contribution is 14.0. The number of nitrogens with zero attached hydrogens (tertiary/aromatic N) is 3. The summed E-state index contributed by atoms with van der Waals surface area (Å²) in [5.41, 5.74) is 1.11. The highest BCUT2D eigenvalue weighted by Gasteiger charge is 2.27. The van der Waals surface area contributed by atoms with Crippen molar-refractivity contribution in [2.24, 2.45) is 10.9 Å². The maximum atomic E-state index is 9.72. The van der Waals surface area contributed by atoms with Crippen LogP contribution in [0, 0.1) is 5.92 Å². The number of guanidine groups is 1. The Hall–Kier alpha value is -1.26. The normalized spacial score (nSPS) is 20.4. The number of morpholine rings is 1. The van der Waals surface area contributed by atoms with Crippen LogP contribution in [0.15, 0.2) is 23.2 Å². The first-order valence-corrected chi connectivity index (χ1v) is 10.4. The molecule has 0 saturated carbocycles. The van der Waals surface area contributed by atoms with Gasteiger partial charge in [-0.25, -0.2) is 0 Å². The van der Waals surface area contributed by atoms with E-state index in [1.54, 1.807) is 13.2 Å². The third-order valence-corrected chi connectivity index (χ3v) is 5.45. The number of halogens is 1. The van der Waals surface area contributed by atoms with Gasteiger partial charge >= 0.3 is 0 Å². The number of aromatic hydroxyl groups is 1. The van der Waals surface area contributed by atoms with Crippen LogP contribution in [-0.4, -0.2) is 87.0 Å². The van der Waals surface area contributed by atoms with Crippen molar-refractivity contribution in [3.8, 4) is 11.5 Å². The fraction of sp³-hybridized carbons (Fsp3) is 0.667. The van der Waals surface area contributed by atoms with Gasteiger partial charge in [-0.1, -0.05) is 6.07 Å². The SMILES string of the molecule is CCNC(=NCCc1ccc(O)c(OC)c1)N1CCC(CN2CCOCC2)C1.I. The molecule has 1 aromatic carbocycles. The summed E-state index contributed by atoms with van der Waals surface area (Å²) in [5, 5.41) is 13.2. The smallest absolute Gasteiger partial charge is 0.193 e. The largest absolute Gasteiger partial charge is 0.504 e. The van der Waals surface area contributed by atoms with E-state index in [4.69, 9.17) is 14.5 Å². The summed E-state index contributed by atoms with van der Waals surface area (Å²) < 4.78 is 10.6. The number of likely N-dealkylation sites (tertiary alicyclic amines) is 1. The van der Waals surface area contributed by atoms with E-state index in [1.807, 2.05) is 12.1 Å². The topological polar surface area (TPSA) is 69.6 Å². The van der Waals surface area contributed by atoms with Gasteiger partial charge in [-0.2, -0.15) is 0 Å². The van der Waals surface area contributed by atoms with Crippen molar-refractivity contribution in [1.82, 2.24) is 15.1 Å². The molecule has 29 heavy (non-hydrogen) atoms. The van der Waals surface area contributed by atoms with Crippen LogP contribution in [-0.2, 0) is 11.2 Å². The molecule has 2 aliphatic rings. The number of methoxy groups -OCH3 is 1. The van der Waals surface area contributed by atoms with E-state index in [0.29, 0.717) is 18.2 Å². The minimum Gasteiger partial charge on any atom is -0.504 e. The molecule has 1 unspecified atom stereocenters. The monoisotopic (exact) mass is 518 g/mol. The predicted octanol–water partition coefficient (Wildman–Crippen LogP) is 2.18. The molecule has 2 fully saturated rings. The lowest BCUT2D eigenvalue weighted by molar-refractivity contribution is 0.0315. The van der Waals surface area contributed by atoms with Crippen LogP contribution in [0.3, 0.4) is 0 Å². The second-order valence-corrected chi connectivity index (χ2v) is 7.51. The van der Waals surface area contributed by atoms with Gasteiger partial charge in [0.1, 0.15) is 0 Å². The second kappa shape index (κ2) is 12.4. The van der Waals surface area contributed by atoms with Gasteiger partial charge in [0.25, 0.3) is 0 Å². The van der Waals surface area contributed by atoms with Gasteiger partial charge in [-0.3, -0.25) is 9.89 Å². The molecule has 8 heteroatoms. The molecule has 0 bridgehead atoms. The molecule has 7 nitrogen and oxygen atoms in total. The lowest BCUT2D eigenvalue weighted by atomic mass is 10.1. The van der Waals surface area contributed by atoms with Crippen molar-refractivity contribution < 1.29 is 14.6 Å². The molecular weight excluding hydrogens is 483 g/mol. The van der Waals surface area contributed by atoms with Crippen LogP contribution >= 0.6 is 24.0 Å². The van der Waals surface area contributed by atoms with Gasteiger partial charge in [-0.15, -0.1) is 24.0 Å². The molecule has 0 aromatic heterocycles. The Morgan fingerprint density at radius 3 is 2.83 bits per heavy atom. The van der Waals surface area contributed by atoms with Gasteiger partial charge in [-0.05, 0) is 43.4 Å². The molecule has 2 N–H and O–H groups in total. The minimum absolute atomic E-state index is 0. The highest BCUT2D eigenvalue weighted by Crippen LogP contribution is 2.26. The first-order valence-electron chi connectivity index (χ1n) is 10.4. The van der Waals surface area contributed by atoms with Crippen LogP contribution in [0.2, 0.25) is 0 Å². The molecule has 0 radical (unpaired) electrons. The minimum atomic E-state index is 0. The number of nitrogens with one attached hydrogen (secondary N) is 1. The van der Waals surface area contributed by atoms with Crippen LogP contribution in [0.25, 0.3) is 0 Å². The van der Waals surface area contributed by atoms with Crippen molar-refractivity contribution in [3.63, 3.8) is 0 Å². The van der Waals surface area contributed by atoms with Gasteiger partial charge in [0.2, 0.25) is 0 Å². The Kier molecular flexibility index (Phi) is 10.3. The van der Waals surface area contributed by atoms with Crippen molar-refractivity contribution in [2.45, 2.75) is 19.8 Å². The van der Waals surface area contributed by atoms with E-state index in [0.717, 1.165) is 70.4 Å². The lowest BCUT2D eigenvalue weighted by Gasteiger charge is -2.29. The van der Waals surface area contributed by atoms with E-state index in [1.165, 1.54) is 6.42 Å². The Balaban J connectivity index is 0.00000300. The molecule has 164 valence electrons. The molecule has 2 heterocycles. The van der Waals surface area contributed by atoms with Crippen LogP contribution in [0.4, 0.5) is 0 Å². The quantitative estimate of drug-likeness (QED) is 0.328.